The van der Waals surface area contributed by atoms with E-state index in [9.17, 15) is 13.2 Å². The van der Waals surface area contributed by atoms with Gasteiger partial charge in [-0.15, -0.1) is 0 Å². The van der Waals surface area contributed by atoms with Crippen LogP contribution < -0.4 is 10.0 Å². The van der Waals surface area contributed by atoms with Gasteiger partial charge in [0.15, 0.2) is 0 Å². The standard InChI is InChI=1S/C21H17N3O3S/c22-14-17-7-4-8-18(13-17)21(25)24-19-9-11-20(12-10-19)28(26,27)23-15-16-5-2-1-3-6-16/h1-13,23H,15H2,(H,24,25). The molecular formula is C21H17N3O3S. The minimum absolute atomic E-state index is 0.105. The van der Waals surface area contributed by atoms with Gasteiger partial charge < -0.3 is 5.32 Å². The maximum absolute atomic E-state index is 12.4. The van der Waals surface area contributed by atoms with Crippen LogP contribution in [0.5, 0.6) is 0 Å². The minimum Gasteiger partial charge on any atom is -0.322 e. The lowest BCUT2D eigenvalue weighted by molar-refractivity contribution is 0.102. The van der Waals surface area contributed by atoms with Gasteiger partial charge in [-0.2, -0.15) is 5.26 Å². The molecule has 0 saturated carbocycles. The van der Waals surface area contributed by atoms with Crippen LogP contribution in [0.1, 0.15) is 21.5 Å². The number of carbonyl (C=O) groups excluding carboxylic acids is 1. The summed E-state index contributed by atoms with van der Waals surface area (Å²) in [7, 11) is -3.66. The Morgan fingerprint density at radius 1 is 0.929 bits per heavy atom. The lowest BCUT2D eigenvalue weighted by Crippen LogP contribution is -2.23. The second kappa shape index (κ2) is 8.48. The molecule has 0 aliphatic rings. The number of hydrogen-bond donors (Lipinski definition) is 2. The van der Waals surface area contributed by atoms with Crippen molar-refractivity contribution in [3.05, 3.63) is 95.6 Å². The van der Waals surface area contributed by atoms with Gasteiger partial charge in [-0.3, -0.25) is 4.79 Å². The largest absolute Gasteiger partial charge is 0.322 e. The summed E-state index contributed by atoms with van der Waals surface area (Å²) in [5.74, 6) is -0.380. The van der Waals surface area contributed by atoms with E-state index in [0.717, 1.165) is 5.56 Å². The first-order valence-electron chi connectivity index (χ1n) is 8.43. The fraction of sp³-hybridized carbons (Fsp3) is 0.0476. The monoisotopic (exact) mass is 391 g/mol. The second-order valence-corrected chi connectivity index (χ2v) is 7.75. The van der Waals surface area contributed by atoms with Gasteiger partial charge >= 0.3 is 0 Å². The summed E-state index contributed by atoms with van der Waals surface area (Å²) in [6, 6.07) is 23.4. The zero-order valence-corrected chi connectivity index (χ0v) is 15.6. The minimum atomic E-state index is -3.66. The van der Waals surface area contributed by atoms with Gasteiger partial charge in [-0.25, -0.2) is 13.1 Å². The van der Waals surface area contributed by atoms with E-state index < -0.39 is 10.0 Å². The maximum Gasteiger partial charge on any atom is 0.255 e. The van der Waals surface area contributed by atoms with Crippen molar-refractivity contribution in [2.75, 3.05) is 5.32 Å². The first kappa shape index (κ1) is 19.3. The molecule has 0 saturated heterocycles. The molecule has 0 radical (unpaired) electrons. The molecule has 28 heavy (non-hydrogen) atoms. The van der Waals surface area contributed by atoms with E-state index in [-0.39, 0.29) is 17.3 Å². The van der Waals surface area contributed by atoms with E-state index >= 15 is 0 Å². The predicted octanol–water partition coefficient (Wildman–Crippen LogP) is 3.29. The molecule has 3 aromatic carbocycles. The van der Waals surface area contributed by atoms with Crippen LogP contribution in [0.15, 0.2) is 83.8 Å². The zero-order chi connectivity index (χ0) is 20.0. The number of rotatable bonds is 6. The van der Waals surface area contributed by atoms with E-state index in [4.69, 9.17) is 5.26 Å². The highest BCUT2D eigenvalue weighted by Crippen LogP contribution is 2.16. The van der Waals surface area contributed by atoms with Crippen LogP contribution in [0.25, 0.3) is 0 Å². The van der Waals surface area contributed by atoms with Crippen molar-refractivity contribution in [2.24, 2.45) is 0 Å². The van der Waals surface area contributed by atoms with E-state index in [1.807, 2.05) is 36.4 Å². The average molecular weight is 391 g/mol. The third-order valence-electron chi connectivity index (χ3n) is 3.99. The highest BCUT2D eigenvalue weighted by atomic mass is 32.2. The smallest absolute Gasteiger partial charge is 0.255 e. The van der Waals surface area contributed by atoms with E-state index in [2.05, 4.69) is 10.0 Å². The Labute approximate surface area is 163 Å². The molecule has 7 heteroatoms. The first-order valence-corrected chi connectivity index (χ1v) is 9.91. The third kappa shape index (κ3) is 4.82. The van der Waals surface area contributed by atoms with Gasteiger partial charge in [0, 0.05) is 17.8 Å². The van der Waals surface area contributed by atoms with Crippen LogP contribution in [0, 0.1) is 11.3 Å². The van der Waals surface area contributed by atoms with Crippen molar-refractivity contribution in [3.63, 3.8) is 0 Å². The lowest BCUT2D eigenvalue weighted by atomic mass is 10.1. The SMILES string of the molecule is N#Cc1cccc(C(=O)Nc2ccc(S(=O)(=O)NCc3ccccc3)cc2)c1. The van der Waals surface area contributed by atoms with Crippen molar-refractivity contribution >= 4 is 21.6 Å². The number of carbonyl (C=O) groups is 1. The molecule has 0 bridgehead atoms. The van der Waals surface area contributed by atoms with E-state index in [1.165, 1.54) is 30.3 Å². The van der Waals surface area contributed by atoms with Crippen molar-refractivity contribution < 1.29 is 13.2 Å². The summed E-state index contributed by atoms with van der Waals surface area (Å²) in [6.07, 6.45) is 0. The Morgan fingerprint density at radius 3 is 2.32 bits per heavy atom. The number of hydrogen-bond acceptors (Lipinski definition) is 4. The average Bonchev–Trinajstić information content (AvgIpc) is 2.73. The van der Waals surface area contributed by atoms with Crippen molar-refractivity contribution in [1.29, 1.82) is 5.26 Å². The molecular weight excluding hydrogens is 374 g/mol. The topological polar surface area (TPSA) is 99.1 Å². The van der Waals surface area contributed by atoms with Crippen LogP contribution in [-0.4, -0.2) is 14.3 Å². The Balaban J connectivity index is 1.67. The number of anilines is 1. The number of nitriles is 1. The quantitative estimate of drug-likeness (QED) is 0.673. The molecule has 3 aromatic rings. The first-order chi connectivity index (χ1) is 13.5. The lowest BCUT2D eigenvalue weighted by Gasteiger charge is -2.09. The van der Waals surface area contributed by atoms with Crippen molar-refractivity contribution in [1.82, 2.24) is 4.72 Å². The molecule has 0 aromatic heterocycles. The number of sulfonamides is 1. The summed E-state index contributed by atoms with van der Waals surface area (Å²) in [5.41, 5.74) is 2.04. The van der Waals surface area contributed by atoms with Crippen LogP contribution in [0.4, 0.5) is 5.69 Å². The van der Waals surface area contributed by atoms with Crippen LogP contribution in [0.2, 0.25) is 0 Å². The second-order valence-electron chi connectivity index (χ2n) is 5.98. The van der Waals surface area contributed by atoms with E-state index in [0.29, 0.717) is 16.8 Å². The van der Waals surface area contributed by atoms with Crippen LogP contribution in [0.3, 0.4) is 0 Å². The summed E-state index contributed by atoms with van der Waals surface area (Å²) in [5, 5.41) is 11.6. The Morgan fingerprint density at radius 2 is 1.64 bits per heavy atom. The Bertz CT molecular complexity index is 1120. The van der Waals surface area contributed by atoms with Gasteiger partial charge in [0.25, 0.3) is 5.91 Å². The molecule has 1 amide bonds. The van der Waals surface area contributed by atoms with Crippen LogP contribution in [-0.2, 0) is 16.6 Å². The molecule has 6 nitrogen and oxygen atoms in total. The highest BCUT2D eigenvalue weighted by molar-refractivity contribution is 7.89. The molecule has 0 atom stereocenters. The molecule has 0 aliphatic heterocycles. The zero-order valence-electron chi connectivity index (χ0n) is 14.8. The van der Waals surface area contributed by atoms with Crippen LogP contribution >= 0.6 is 0 Å². The van der Waals surface area contributed by atoms with E-state index in [1.54, 1.807) is 18.2 Å². The Hall–Kier alpha value is -3.47. The fourth-order valence-corrected chi connectivity index (χ4v) is 3.53. The maximum atomic E-state index is 12.4. The molecule has 0 spiro atoms. The number of nitrogens with zero attached hydrogens (tertiary/aromatic N) is 1. The van der Waals surface area contributed by atoms with Gasteiger partial charge in [0.05, 0.1) is 16.5 Å². The molecule has 0 heterocycles. The molecule has 140 valence electrons. The summed E-state index contributed by atoms with van der Waals surface area (Å²) in [4.78, 5) is 12.4. The molecule has 3 rings (SSSR count). The van der Waals surface area contributed by atoms with Crippen molar-refractivity contribution in [3.8, 4) is 6.07 Å². The number of benzene rings is 3. The summed E-state index contributed by atoms with van der Waals surface area (Å²) in [6.45, 7) is 0.191. The van der Waals surface area contributed by atoms with Gasteiger partial charge in [-0.1, -0.05) is 36.4 Å². The van der Waals surface area contributed by atoms with Gasteiger partial charge in [-0.05, 0) is 48.0 Å². The van der Waals surface area contributed by atoms with Crippen molar-refractivity contribution in [2.45, 2.75) is 11.4 Å². The normalized spacial score (nSPS) is 10.8. The van der Waals surface area contributed by atoms with Gasteiger partial charge in [0.1, 0.15) is 0 Å². The van der Waals surface area contributed by atoms with Gasteiger partial charge in [0.2, 0.25) is 10.0 Å². The molecule has 0 fully saturated rings. The predicted molar refractivity (Wildman–Crippen MR) is 106 cm³/mol. The highest BCUT2D eigenvalue weighted by Gasteiger charge is 2.14. The molecule has 0 unspecified atom stereocenters. The molecule has 2 N–H and O–H groups in total. The number of nitrogens with one attached hydrogen (secondary N) is 2. The summed E-state index contributed by atoms with van der Waals surface area (Å²) >= 11 is 0. The third-order valence-corrected chi connectivity index (χ3v) is 5.40. The fourth-order valence-electron chi connectivity index (χ4n) is 2.51. The molecule has 0 aliphatic carbocycles. The summed E-state index contributed by atoms with van der Waals surface area (Å²) < 4.78 is 27.3. The number of amides is 1. The Kier molecular flexibility index (Phi) is 5.84.